The zero-order valence-electron chi connectivity index (χ0n) is 8.74. The second kappa shape index (κ2) is 3.69. The van der Waals surface area contributed by atoms with Gasteiger partial charge in [0.2, 0.25) is 0 Å². The average Bonchev–Trinajstić information content (AvgIpc) is 2.16. The molecule has 0 aliphatic heterocycles. The highest BCUT2D eigenvalue weighted by Gasteiger charge is 2.01. The van der Waals surface area contributed by atoms with Gasteiger partial charge < -0.3 is 4.98 Å². The number of rotatable bonds is 1. The minimum absolute atomic E-state index is 0.126. The molecule has 0 unspecified atom stereocenters. The Balaban J connectivity index is 2.58. The van der Waals surface area contributed by atoms with Crippen LogP contribution in [0.2, 0.25) is 0 Å². The third-order valence-corrected chi connectivity index (χ3v) is 2.20. The Morgan fingerprint density at radius 2 is 1.73 bits per heavy atom. The van der Waals surface area contributed by atoms with Crippen molar-refractivity contribution in [2.75, 3.05) is 0 Å². The van der Waals surface area contributed by atoms with Crippen molar-refractivity contribution < 1.29 is 0 Å². The second-order valence-electron chi connectivity index (χ2n) is 3.67. The topological polar surface area (TPSA) is 45.8 Å². The highest BCUT2D eigenvalue weighted by Crippen LogP contribution is 2.18. The lowest BCUT2D eigenvalue weighted by atomic mass is 10.1. The second-order valence-corrected chi connectivity index (χ2v) is 3.67. The molecule has 3 heteroatoms. The molecule has 2 rings (SSSR count). The zero-order chi connectivity index (χ0) is 10.8. The van der Waals surface area contributed by atoms with Gasteiger partial charge in [0.15, 0.2) is 0 Å². The molecule has 1 aromatic heterocycles. The van der Waals surface area contributed by atoms with E-state index in [0.29, 0.717) is 5.69 Å². The summed E-state index contributed by atoms with van der Waals surface area (Å²) < 4.78 is 0. The molecule has 76 valence electrons. The summed E-state index contributed by atoms with van der Waals surface area (Å²) in [5, 5.41) is 0. The Hall–Kier alpha value is -1.90. The van der Waals surface area contributed by atoms with Crippen LogP contribution in [-0.4, -0.2) is 9.97 Å². The van der Waals surface area contributed by atoms with Crippen LogP contribution in [0.4, 0.5) is 0 Å². The number of benzene rings is 1. The SMILES string of the molecule is Cc1cc(C)cc(-c2cc(=O)[nH]cn2)c1. The maximum absolute atomic E-state index is 11.1. The summed E-state index contributed by atoms with van der Waals surface area (Å²) in [6.07, 6.45) is 1.43. The van der Waals surface area contributed by atoms with Gasteiger partial charge in [-0.15, -0.1) is 0 Å². The molecule has 0 saturated carbocycles. The summed E-state index contributed by atoms with van der Waals surface area (Å²) in [7, 11) is 0. The molecular formula is C12H12N2O. The van der Waals surface area contributed by atoms with E-state index in [9.17, 15) is 4.79 Å². The lowest BCUT2D eigenvalue weighted by Crippen LogP contribution is -2.04. The highest BCUT2D eigenvalue weighted by molar-refractivity contribution is 5.60. The van der Waals surface area contributed by atoms with E-state index in [1.165, 1.54) is 23.5 Å². The van der Waals surface area contributed by atoms with Crippen LogP contribution < -0.4 is 5.56 Å². The van der Waals surface area contributed by atoms with Crippen LogP contribution in [0.5, 0.6) is 0 Å². The number of nitrogens with one attached hydrogen (secondary N) is 1. The van der Waals surface area contributed by atoms with Gasteiger partial charge in [0.05, 0.1) is 12.0 Å². The van der Waals surface area contributed by atoms with Crippen LogP contribution >= 0.6 is 0 Å². The standard InChI is InChI=1S/C12H12N2O/c1-8-3-9(2)5-10(4-8)11-6-12(15)14-7-13-11/h3-7H,1-2H3,(H,13,14,15). The molecular weight excluding hydrogens is 188 g/mol. The van der Waals surface area contributed by atoms with E-state index in [-0.39, 0.29) is 5.56 Å². The number of aryl methyl sites for hydroxylation is 2. The van der Waals surface area contributed by atoms with E-state index in [0.717, 1.165) is 5.56 Å². The van der Waals surface area contributed by atoms with Crippen molar-refractivity contribution >= 4 is 0 Å². The van der Waals surface area contributed by atoms with Gasteiger partial charge in [-0.05, 0) is 26.0 Å². The van der Waals surface area contributed by atoms with Gasteiger partial charge >= 0.3 is 0 Å². The maximum Gasteiger partial charge on any atom is 0.251 e. The van der Waals surface area contributed by atoms with Crippen molar-refractivity contribution in [3.05, 3.63) is 52.1 Å². The van der Waals surface area contributed by atoms with Gasteiger partial charge in [0.25, 0.3) is 5.56 Å². The molecule has 1 aromatic carbocycles. The van der Waals surface area contributed by atoms with Crippen LogP contribution in [0.25, 0.3) is 11.3 Å². The summed E-state index contributed by atoms with van der Waals surface area (Å²) in [6, 6.07) is 7.65. The molecule has 3 nitrogen and oxygen atoms in total. The molecule has 15 heavy (non-hydrogen) atoms. The summed E-state index contributed by atoms with van der Waals surface area (Å²) in [5.41, 5.74) is 3.92. The van der Waals surface area contributed by atoms with E-state index >= 15 is 0 Å². The Morgan fingerprint density at radius 1 is 1.07 bits per heavy atom. The molecule has 1 N–H and O–H groups in total. The number of aromatic amines is 1. The summed E-state index contributed by atoms with van der Waals surface area (Å²) in [4.78, 5) is 17.8. The number of hydrogen-bond donors (Lipinski definition) is 1. The summed E-state index contributed by atoms with van der Waals surface area (Å²) in [6.45, 7) is 4.06. The Kier molecular flexibility index (Phi) is 2.37. The lowest BCUT2D eigenvalue weighted by molar-refractivity contribution is 1.12. The van der Waals surface area contributed by atoms with Gasteiger partial charge in [-0.25, -0.2) is 4.98 Å². The highest BCUT2D eigenvalue weighted by atomic mass is 16.1. The first-order valence-electron chi connectivity index (χ1n) is 4.78. The molecule has 2 aromatic rings. The van der Waals surface area contributed by atoms with E-state index < -0.39 is 0 Å². The van der Waals surface area contributed by atoms with Crippen LogP contribution in [0.3, 0.4) is 0 Å². The van der Waals surface area contributed by atoms with Gasteiger partial charge in [-0.1, -0.05) is 17.2 Å². The fourth-order valence-electron chi connectivity index (χ4n) is 1.65. The number of aromatic nitrogens is 2. The van der Waals surface area contributed by atoms with Crippen LogP contribution in [0.15, 0.2) is 35.4 Å². The van der Waals surface area contributed by atoms with E-state index in [1.54, 1.807) is 0 Å². The van der Waals surface area contributed by atoms with E-state index in [4.69, 9.17) is 0 Å². The van der Waals surface area contributed by atoms with E-state index in [2.05, 4.69) is 16.0 Å². The van der Waals surface area contributed by atoms with Crippen molar-refractivity contribution in [3.63, 3.8) is 0 Å². The molecule has 0 atom stereocenters. The molecule has 0 aliphatic rings. The quantitative estimate of drug-likeness (QED) is 0.765. The molecule has 0 saturated heterocycles. The van der Waals surface area contributed by atoms with Gasteiger partial charge in [-0.2, -0.15) is 0 Å². The van der Waals surface area contributed by atoms with Crippen molar-refractivity contribution in [2.24, 2.45) is 0 Å². The van der Waals surface area contributed by atoms with Gasteiger partial charge in [-0.3, -0.25) is 4.79 Å². The predicted octanol–water partition coefficient (Wildman–Crippen LogP) is 2.05. The number of nitrogens with zero attached hydrogens (tertiary/aromatic N) is 1. The Bertz CT molecular complexity index is 523. The smallest absolute Gasteiger partial charge is 0.251 e. The van der Waals surface area contributed by atoms with Crippen LogP contribution in [0.1, 0.15) is 11.1 Å². The number of H-pyrrole nitrogens is 1. The third kappa shape index (κ3) is 2.13. The Morgan fingerprint density at radius 3 is 2.33 bits per heavy atom. The van der Waals surface area contributed by atoms with Crippen LogP contribution in [0, 0.1) is 13.8 Å². The molecule has 1 heterocycles. The van der Waals surface area contributed by atoms with Crippen molar-refractivity contribution in [1.29, 1.82) is 0 Å². The zero-order valence-corrected chi connectivity index (χ0v) is 8.74. The molecule has 0 bridgehead atoms. The Labute approximate surface area is 87.8 Å². The minimum Gasteiger partial charge on any atom is -0.313 e. The first kappa shape index (κ1) is 9.65. The van der Waals surface area contributed by atoms with Crippen molar-refractivity contribution in [1.82, 2.24) is 9.97 Å². The van der Waals surface area contributed by atoms with Crippen molar-refractivity contribution in [3.8, 4) is 11.3 Å². The lowest BCUT2D eigenvalue weighted by Gasteiger charge is -2.03. The fraction of sp³-hybridized carbons (Fsp3) is 0.167. The fourth-order valence-corrected chi connectivity index (χ4v) is 1.65. The predicted molar refractivity (Wildman–Crippen MR) is 59.8 cm³/mol. The molecule has 0 radical (unpaired) electrons. The maximum atomic E-state index is 11.1. The first-order valence-corrected chi connectivity index (χ1v) is 4.78. The average molecular weight is 200 g/mol. The first-order chi connectivity index (χ1) is 7.15. The summed E-state index contributed by atoms with van der Waals surface area (Å²) >= 11 is 0. The van der Waals surface area contributed by atoms with Gasteiger partial charge in [0, 0.05) is 11.6 Å². The summed E-state index contributed by atoms with van der Waals surface area (Å²) in [5.74, 6) is 0. The third-order valence-electron chi connectivity index (χ3n) is 2.20. The van der Waals surface area contributed by atoms with E-state index in [1.807, 2.05) is 26.0 Å². The molecule has 0 amide bonds. The largest absolute Gasteiger partial charge is 0.313 e. The number of hydrogen-bond acceptors (Lipinski definition) is 2. The van der Waals surface area contributed by atoms with Crippen LogP contribution in [-0.2, 0) is 0 Å². The molecule has 0 aliphatic carbocycles. The molecule has 0 fully saturated rings. The normalized spacial score (nSPS) is 10.3. The minimum atomic E-state index is -0.126. The monoisotopic (exact) mass is 200 g/mol. The van der Waals surface area contributed by atoms with Crippen molar-refractivity contribution in [2.45, 2.75) is 13.8 Å². The van der Waals surface area contributed by atoms with Gasteiger partial charge in [0.1, 0.15) is 0 Å². The molecule has 0 spiro atoms.